The molecule has 1 aromatic carbocycles. The van der Waals surface area contributed by atoms with Crippen LogP contribution in [0.15, 0.2) is 45.9 Å². The van der Waals surface area contributed by atoms with E-state index in [1.54, 1.807) is 12.1 Å². The predicted octanol–water partition coefficient (Wildman–Crippen LogP) is 3.09. The number of hydrogen-bond donors (Lipinski definition) is 1. The van der Waals surface area contributed by atoms with Crippen LogP contribution in [0.25, 0.3) is 0 Å². The Morgan fingerprint density at radius 2 is 2.00 bits per heavy atom. The Bertz CT molecular complexity index is 702. The summed E-state index contributed by atoms with van der Waals surface area (Å²) in [5, 5.41) is 0. The Kier molecular flexibility index (Phi) is 3.86. The van der Waals surface area contributed by atoms with Crippen molar-refractivity contribution in [1.29, 1.82) is 0 Å². The van der Waals surface area contributed by atoms with Gasteiger partial charge in [0.1, 0.15) is 16.5 Å². The van der Waals surface area contributed by atoms with Gasteiger partial charge in [-0.1, -0.05) is 6.07 Å². The van der Waals surface area contributed by atoms with Gasteiger partial charge in [-0.05, 0) is 52.7 Å². The van der Waals surface area contributed by atoms with Crippen LogP contribution in [0.3, 0.4) is 0 Å². The van der Waals surface area contributed by atoms with Crippen molar-refractivity contribution in [1.82, 2.24) is 4.98 Å². The van der Waals surface area contributed by atoms with Crippen molar-refractivity contribution < 1.29 is 12.8 Å². The maximum atomic E-state index is 12.7. The summed E-state index contributed by atoms with van der Waals surface area (Å²) < 4.78 is 39.7. The first-order valence-electron chi connectivity index (χ1n) is 5.29. The van der Waals surface area contributed by atoms with E-state index in [1.807, 2.05) is 6.92 Å². The Labute approximate surface area is 118 Å². The number of nitrogens with one attached hydrogen (secondary N) is 1. The molecular formula is C12H10BrFN2O2S. The van der Waals surface area contributed by atoms with E-state index in [4.69, 9.17) is 0 Å². The van der Waals surface area contributed by atoms with Crippen molar-refractivity contribution in [3.63, 3.8) is 0 Å². The van der Waals surface area contributed by atoms with E-state index in [-0.39, 0.29) is 10.7 Å². The number of aryl methyl sites for hydroxylation is 1. The van der Waals surface area contributed by atoms with Gasteiger partial charge < -0.3 is 0 Å². The maximum absolute atomic E-state index is 12.7. The number of sulfonamides is 1. The number of pyridine rings is 1. The average Bonchev–Trinajstić information content (AvgIpc) is 2.31. The van der Waals surface area contributed by atoms with Gasteiger partial charge in [0.05, 0.1) is 6.20 Å². The number of hydrogen-bond acceptors (Lipinski definition) is 3. The molecule has 0 atom stereocenters. The predicted molar refractivity (Wildman–Crippen MR) is 73.9 cm³/mol. The Morgan fingerprint density at radius 1 is 1.26 bits per heavy atom. The van der Waals surface area contributed by atoms with E-state index < -0.39 is 15.8 Å². The number of anilines is 1. The second kappa shape index (κ2) is 5.26. The number of halogens is 2. The molecule has 0 saturated carbocycles. The van der Waals surface area contributed by atoms with Crippen LogP contribution >= 0.6 is 15.9 Å². The molecule has 2 rings (SSSR count). The highest BCUT2D eigenvalue weighted by molar-refractivity contribution is 9.10. The molecule has 0 unspecified atom stereocenters. The average molecular weight is 345 g/mol. The molecule has 0 aliphatic heterocycles. The van der Waals surface area contributed by atoms with Gasteiger partial charge in [0.2, 0.25) is 0 Å². The van der Waals surface area contributed by atoms with Gasteiger partial charge >= 0.3 is 0 Å². The van der Waals surface area contributed by atoms with Gasteiger partial charge in [-0.2, -0.15) is 0 Å². The Balaban J connectivity index is 2.35. The summed E-state index contributed by atoms with van der Waals surface area (Å²) in [5.41, 5.74) is 0.936. The number of nitrogens with zero attached hydrogens (tertiary/aromatic N) is 1. The summed E-state index contributed by atoms with van der Waals surface area (Å²) in [6.45, 7) is 1.86. The van der Waals surface area contributed by atoms with E-state index >= 15 is 0 Å². The molecule has 0 radical (unpaired) electrons. The van der Waals surface area contributed by atoms with E-state index in [2.05, 4.69) is 25.6 Å². The number of aromatic nitrogens is 1. The lowest BCUT2D eigenvalue weighted by Crippen LogP contribution is -2.14. The molecule has 19 heavy (non-hydrogen) atoms. The van der Waals surface area contributed by atoms with Crippen molar-refractivity contribution in [3.05, 3.63) is 52.4 Å². The zero-order chi connectivity index (χ0) is 14.0. The number of rotatable bonds is 3. The van der Waals surface area contributed by atoms with Gasteiger partial charge in [-0.15, -0.1) is 0 Å². The molecule has 100 valence electrons. The maximum Gasteiger partial charge on any atom is 0.264 e. The first-order valence-corrected chi connectivity index (χ1v) is 7.56. The summed E-state index contributed by atoms with van der Waals surface area (Å²) in [7, 11) is -3.76. The summed E-state index contributed by atoms with van der Waals surface area (Å²) in [4.78, 5) is 3.76. The summed E-state index contributed by atoms with van der Waals surface area (Å²) in [5.74, 6) is -0.465. The summed E-state index contributed by atoms with van der Waals surface area (Å²) in [6, 6.07) is 7.28. The van der Waals surface area contributed by atoms with Crippen LogP contribution in [0.1, 0.15) is 5.56 Å². The Morgan fingerprint density at radius 3 is 2.58 bits per heavy atom. The van der Waals surface area contributed by atoms with Crippen LogP contribution in [0.2, 0.25) is 0 Å². The third-order valence-corrected chi connectivity index (χ3v) is 4.67. The minimum Gasteiger partial charge on any atom is -0.263 e. The zero-order valence-electron chi connectivity index (χ0n) is 9.89. The smallest absolute Gasteiger partial charge is 0.263 e. The molecule has 4 nitrogen and oxygen atoms in total. The minimum atomic E-state index is -3.76. The van der Waals surface area contributed by atoms with E-state index in [0.717, 1.165) is 17.8 Å². The van der Waals surface area contributed by atoms with Crippen molar-refractivity contribution in [2.75, 3.05) is 4.72 Å². The minimum absolute atomic E-state index is 0.0638. The van der Waals surface area contributed by atoms with Crippen molar-refractivity contribution in [2.45, 2.75) is 11.8 Å². The van der Waals surface area contributed by atoms with Gasteiger partial charge in [0.15, 0.2) is 0 Å². The monoisotopic (exact) mass is 344 g/mol. The second-order valence-corrected chi connectivity index (χ2v) is 6.41. The molecule has 0 fully saturated rings. The molecule has 1 heterocycles. The first kappa shape index (κ1) is 14.0. The fourth-order valence-electron chi connectivity index (χ4n) is 1.45. The highest BCUT2D eigenvalue weighted by Gasteiger charge is 2.18. The normalized spacial score (nSPS) is 11.3. The highest BCUT2D eigenvalue weighted by Crippen LogP contribution is 2.24. The summed E-state index contributed by atoms with van der Waals surface area (Å²) in [6.07, 6.45) is 0.946. The lowest BCUT2D eigenvalue weighted by atomic mass is 10.2. The molecule has 0 saturated heterocycles. The quantitative estimate of drug-likeness (QED) is 0.930. The molecule has 0 aliphatic carbocycles. The van der Waals surface area contributed by atoms with E-state index in [1.165, 1.54) is 12.1 Å². The second-order valence-electron chi connectivity index (χ2n) is 3.90. The van der Waals surface area contributed by atoms with Crippen LogP contribution in [-0.2, 0) is 10.0 Å². The molecule has 7 heteroatoms. The van der Waals surface area contributed by atoms with Crippen LogP contribution < -0.4 is 4.72 Å². The fraction of sp³-hybridized carbons (Fsp3) is 0.0833. The van der Waals surface area contributed by atoms with Crippen LogP contribution in [0.5, 0.6) is 0 Å². The third-order valence-electron chi connectivity index (χ3n) is 2.34. The first-order chi connectivity index (χ1) is 8.88. The zero-order valence-corrected chi connectivity index (χ0v) is 12.3. The van der Waals surface area contributed by atoms with Crippen molar-refractivity contribution in [3.8, 4) is 0 Å². The molecule has 1 N–H and O–H groups in total. The van der Waals surface area contributed by atoms with Crippen LogP contribution in [-0.4, -0.2) is 13.4 Å². The topological polar surface area (TPSA) is 59.1 Å². The van der Waals surface area contributed by atoms with Crippen molar-refractivity contribution >= 4 is 31.8 Å². The van der Waals surface area contributed by atoms with Crippen LogP contribution in [0.4, 0.5) is 10.2 Å². The molecule has 0 bridgehead atoms. The SMILES string of the molecule is Cc1ccc(S(=O)(=O)Nc2ccc(F)cn2)c(Br)c1. The molecule has 0 spiro atoms. The molecular weight excluding hydrogens is 335 g/mol. The van der Waals surface area contributed by atoms with Gasteiger partial charge in [-0.3, -0.25) is 4.72 Å². The highest BCUT2D eigenvalue weighted by atomic mass is 79.9. The fourth-order valence-corrected chi connectivity index (χ4v) is 3.65. The van der Waals surface area contributed by atoms with Crippen molar-refractivity contribution in [2.24, 2.45) is 0 Å². The summed E-state index contributed by atoms with van der Waals surface area (Å²) >= 11 is 3.21. The number of benzene rings is 1. The van der Waals surface area contributed by atoms with E-state index in [0.29, 0.717) is 4.47 Å². The molecule has 0 aliphatic rings. The lowest BCUT2D eigenvalue weighted by molar-refractivity contribution is 0.600. The van der Waals surface area contributed by atoms with Gasteiger partial charge in [0.25, 0.3) is 10.0 Å². The van der Waals surface area contributed by atoms with E-state index in [9.17, 15) is 12.8 Å². The molecule has 1 aromatic heterocycles. The van der Waals surface area contributed by atoms with Gasteiger partial charge in [0, 0.05) is 4.47 Å². The lowest BCUT2D eigenvalue weighted by Gasteiger charge is -2.09. The third kappa shape index (κ3) is 3.30. The van der Waals surface area contributed by atoms with Gasteiger partial charge in [-0.25, -0.2) is 17.8 Å². The van der Waals surface area contributed by atoms with Crippen LogP contribution in [0, 0.1) is 12.7 Å². The molecule has 2 aromatic rings. The Hall–Kier alpha value is -1.47. The standard InChI is InChI=1S/C12H10BrFN2O2S/c1-8-2-4-11(10(13)6-8)19(17,18)16-12-5-3-9(14)7-15-12/h2-7H,1H3,(H,15,16). The largest absolute Gasteiger partial charge is 0.264 e. The molecule has 0 amide bonds.